The zero-order chi connectivity index (χ0) is 14.3. The number of nitrogens with zero attached hydrogens (tertiary/aromatic N) is 2. The SMILES string of the molecule is Cc1ccnc2sc(C(=O)N3CCC(N)CC3)c(N)c12. The molecule has 4 N–H and O–H groups in total. The Labute approximate surface area is 121 Å². The molecular formula is C14H18N4OS. The molecule has 1 aliphatic heterocycles. The number of carbonyl (C=O) groups is 1. The average Bonchev–Trinajstić information content (AvgIpc) is 2.77. The molecule has 1 amide bonds. The molecule has 20 heavy (non-hydrogen) atoms. The monoisotopic (exact) mass is 290 g/mol. The Morgan fingerprint density at radius 1 is 1.45 bits per heavy atom. The summed E-state index contributed by atoms with van der Waals surface area (Å²) in [6.07, 6.45) is 3.46. The van der Waals surface area contributed by atoms with Gasteiger partial charge < -0.3 is 16.4 Å². The lowest BCUT2D eigenvalue weighted by Crippen LogP contribution is -2.42. The van der Waals surface area contributed by atoms with Gasteiger partial charge in [-0.05, 0) is 31.4 Å². The third kappa shape index (κ3) is 2.14. The molecular weight excluding hydrogens is 272 g/mol. The van der Waals surface area contributed by atoms with E-state index in [1.165, 1.54) is 11.3 Å². The molecule has 6 heteroatoms. The van der Waals surface area contributed by atoms with Gasteiger partial charge in [0, 0.05) is 30.7 Å². The number of pyridine rings is 1. The molecule has 1 saturated heterocycles. The van der Waals surface area contributed by atoms with Crippen LogP contribution in [-0.4, -0.2) is 34.9 Å². The van der Waals surface area contributed by atoms with Crippen molar-refractivity contribution in [1.29, 1.82) is 0 Å². The highest BCUT2D eigenvalue weighted by molar-refractivity contribution is 7.21. The number of aryl methyl sites for hydroxylation is 1. The summed E-state index contributed by atoms with van der Waals surface area (Å²) in [4.78, 5) is 20.2. The number of nitrogens with two attached hydrogens (primary N) is 2. The van der Waals surface area contributed by atoms with E-state index < -0.39 is 0 Å². The van der Waals surface area contributed by atoms with Crippen LogP contribution in [0, 0.1) is 6.92 Å². The van der Waals surface area contributed by atoms with Crippen LogP contribution in [0.2, 0.25) is 0 Å². The second kappa shape index (κ2) is 5.03. The van der Waals surface area contributed by atoms with Gasteiger partial charge in [-0.25, -0.2) is 4.98 Å². The maximum absolute atomic E-state index is 12.6. The van der Waals surface area contributed by atoms with Crippen molar-refractivity contribution in [2.24, 2.45) is 5.73 Å². The molecule has 0 saturated carbocycles. The number of nitrogen functional groups attached to an aromatic ring is 1. The Kier molecular flexibility index (Phi) is 3.35. The normalized spacial score (nSPS) is 16.8. The van der Waals surface area contributed by atoms with Crippen molar-refractivity contribution < 1.29 is 4.79 Å². The number of rotatable bonds is 1. The van der Waals surface area contributed by atoms with Crippen LogP contribution >= 0.6 is 11.3 Å². The van der Waals surface area contributed by atoms with Gasteiger partial charge in [-0.15, -0.1) is 11.3 Å². The number of amides is 1. The highest BCUT2D eigenvalue weighted by Crippen LogP contribution is 2.35. The lowest BCUT2D eigenvalue weighted by molar-refractivity contribution is 0.0720. The van der Waals surface area contributed by atoms with Crippen LogP contribution in [0.1, 0.15) is 28.1 Å². The molecule has 2 aromatic heterocycles. The molecule has 1 fully saturated rings. The first-order chi connectivity index (χ1) is 9.58. The fraction of sp³-hybridized carbons (Fsp3) is 0.429. The Bertz CT molecular complexity index is 658. The number of piperidine rings is 1. The standard InChI is InChI=1S/C14H18N4OS/c1-8-2-5-17-13-10(8)11(16)12(20-13)14(19)18-6-3-9(15)4-7-18/h2,5,9H,3-4,6-7,15-16H2,1H3. The van der Waals surface area contributed by atoms with E-state index in [2.05, 4.69) is 4.98 Å². The van der Waals surface area contributed by atoms with E-state index in [0.29, 0.717) is 23.7 Å². The fourth-order valence-electron chi connectivity index (χ4n) is 2.61. The molecule has 0 aliphatic carbocycles. The lowest BCUT2D eigenvalue weighted by atomic mass is 10.1. The predicted octanol–water partition coefficient (Wildman–Crippen LogP) is 1.75. The average molecular weight is 290 g/mol. The summed E-state index contributed by atoms with van der Waals surface area (Å²) < 4.78 is 0. The van der Waals surface area contributed by atoms with Crippen molar-refractivity contribution in [2.45, 2.75) is 25.8 Å². The molecule has 5 nitrogen and oxygen atoms in total. The van der Waals surface area contributed by atoms with Gasteiger partial charge in [0.2, 0.25) is 0 Å². The quantitative estimate of drug-likeness (QED) is 0.838. The number of aromatic nitrogens is 1. The molecule has 3 heterocycles. The minimum atomic E-state index is 0.0109. The third-order valence-corrected chi connectivity index (χ3v) is 4.96. The number of anilines is 1. The topological polar surface area (TPSA) is 85.2 Å². The zero-order valence-corrected chi connectivity index (χ0v) is 12.2. The molecule has 106 valence electrons. The molecule has 2 aromatic rings. The first kappa shape index (κ1) is 13.3. The largest absolute Gasteiger partial charge is 0.397 e. The van der Waals surface area contributed by atoms with Crippen molar-refractivity contribution in [3.05, 3.63) is 22.7 Å². The van der Waals surface area contributed by atoms with Crippen molar-refractivity contribution in [1.82, 2.24) is 9.88 Å². The maximum atomic E-state index is 12.6. The van der Waals surface area contributed by atoms with E-state index in [1.807, 2.05) is 17.9 Å². The van der Waals surface area contributed by atoms with Crippen LogP contribution in [-0.2, 0) is 0 Å². The number of carbonyl (C=O) groups excluding carboxylic acids is 1. The van der Waals surface area contributed by atoms with E-state index in [9.17, 15) is 4.79 Å². The summed E-state index contributed by atoms with van der Waals surface area (Å²) in [5.41, 5.74) is 13.7. The number of hydrogen-bond acceptors (Lipinski definition) is 5. The van der Waals surface area contributed by atoms with Crippen LogP contribution in [0.15, 0.2) is 12.3 Å². The summed E-state index contributed by atoms with van der Waals surface area (Å²) in [5, 5.41) is 0.912. The second-order valence-electron chi connectivity index (χ2n) is 5.28. The van der Waals surface area contributed by atoms with Crippen molar-refractivity contribution in [2.75, 3.05) is 18.8 Å². The van der Waals surface area contributed by atoms with E-state index in [-0.39, 0.29) is 11.9 Å². The zero-order valence-electron chi connectivity index (χ0n) is 11.4. The summed E-state index contributed by atoms with van der Waals surface area (Å²) in [7, 11) is 0. The minimum absolute atomic E-state index is 0.0109. The number of thiophene rings is 1. The second-order valence-corrected chi connectivity index (χ2v) is 6.28. The lowest BCUT2D eigenvalue weighted by Gasteiger charge is -2.29. The van der Waals surface area contributed by atoms with Gasteiger partial charge in [0.05, 0.1) is 5.69 Å². The number of likely N-dealkylation sites (tertiary alicyclic amines) is 1. The molecule has 0 spiro atoms. The summed E-state index contributed by atoms with van der Waals surface area (Å²) in [5.74, 6) is 0.0109. The van der Waals surface area contributed by atoms with Gasteiger partial charge in [-0.3, -0.25) is 4.79 Å². The Balaban J connectivity index is 1.96. The summed E-state index contributed by atoms with van der Waals surface area (Å²) >= 11 is 1.38. The van der Waals surface area contributed by atoms with Gasteiger partial charge in [0.15, 0.2) is 0 Å². The Hall–Kier alpha value is -1.66. The van der Waals surface area contributed by atoms with E-state index in [1.54, 1.807) is 6.20 Å². The van der Waals surface area contributed by atoms with E-state index in [0.717, 1.165) is 28.6 Å². The molecule has 0 atom stereocenters. The summed E-state index contributed by atoms with van der Waals surface area (Å²) in [6, 6.07) is 2.13. The Morgan fingerprint density at radius 3 is 2.80 bits per heavy atom. The molecule has 3 rings (SSSR count). The molecule has 1 aliphatic rings. The summed E-state index contributed by atoms with van der Waals surface area (Å²) in [6.45, 7) is 3.40. The number of hydrogen-bond donors (Lipinski definition) is 2. The van der Waals surface area contributed by atoms with Gasteiger partial charge in [-0.1, -0.05) is 0 Å². The van der Waals surface area contributed by atoms with Crippen LogP contribution < -0.4 is 11.5 Å². The van der Waals surface area contributed by atoms with Crippen molar-refractivity contribution in [3.8, 4) is 0 Å². The van der Waals surface area contributed by atoms with Gasteiger partial charge in [-0.2, -0.15) is 0 Å². The first-order valence-electron chi connectivity index (χ1n) is 6.76. The Morgan fingerprint density at radius 2 is 2.15 bits per heavy atom. The van der Waals surface area contributed by atoms with Crippen LogP contribution in [0.3, 0.4) is 0 Å². The predicted molar refractivity (Wildman–Crippen MR) is 81.9 cm³/mol. The minimum Gasteiger partial charge on any atom is -0.397 e. The van der Waals surface area contributed by atoms with E-state index >= 15 is 0 Å². The molecule has 0 radical (unpaired) electrons. The highest BCUT2D eigenvalue weighted by atomic mass is 32.1. The first-order valence-corrected chi connectivity index (χ1v) is 7.58. The van der Waals surface area contributed by atoms with Crippen LogP contribution in [0.4, 0.5) is 5.69 Å². The molecule has 0 aromatic carbocycles. The van der Waals surface area contributed by atoms with Crippen molar-refractivity contribution in [3.63, 3.8) is 0 Å². The van der Waals surface area contributed by atoms with Gasteiger partial charge in [0.25, 0.3) is 5.91 Å². The fourth-order valence-corrected chi connectivity index (χ4v) is 3.72. The third-order valence-electron chi connectivity index (χ3n) is 3.86. The maximum Gasteiger partial charge on any atom is 0.266 e. The van der Waals surface area contributed by atoms with Crippen LogP contribution in [0.5, 0.6) is 0 Å². The molecule has 0 unspecified atom stereocenters. The van der Waals surface area contributed by atoms with Crippen LogP contribution in [0.25, 0.3) is 10.2 Å². The molecule has 0 bridgehead atoms. The highest BCUT2D eigenvalue weighted by Gasteiger charge is 2.26. The number of fused-ring (bicyclic) bond motifs is 1. The smallest absolute Gasteiger partial charge is 0.266 e. The van der Waals surface area contributed by atoms with Gasteiger partial charge in [0.1, 0.15) is 9.71 Å². The van der Waals surface area contributed by atoms with Crippen molar-refractivity contribution >= 4 is 33.1 Å². The van der Waals surface area contributed by atoms with Gasteiger partial charge >= 0.3 is 0 Å². The van der Waals surface area contributed by atoms with E-state index in [4.69, 9.17) is 11.5 Å².